The Balaban J connectivity index is 1.29. The van der Waals surface area contributed by atoms with E-state index in [1.807, 2.05) is 19.1 Å². The smallest absolute Gasteiger partial charge is 0.138 e. The van der Waals surface area contributed by atoms with Crippen LogP contribution in [0.5, 0.6) is 5.75 Å². The van der Waals surface area contributed by atoms with E-state index in [1.54, 1.807) is 6.07 Å². The van der Waals surface area contributed by atoms with Gasteiger partial charge in [-0.3, -0.25) is 4.90 Å². The second-order valence-electron chi connectivity index (χ2n) is 8.40. The molecular formula is C27H33N3O. The van der Waals surface area contributed by atoms with Gasteiger partial charge in [-0.2, -0.15) is 0 Å². The summed E-state index contributed by atoms with van der Waals surface area (Å²) in [6.45, 7) is 8.31. The average Bonchev–Trinajstić information content (AvgIpc) is 2.81. The second-order valence-corrected chi connectivity index (χ2v) is 8.40. The summed E-state index contributed by atoms with van der Waals surface area (Å²) in [4.78, 5) is 5.17. The number of nitrogens with zero attached hydrogens (tertiary/aromatic N) is 2. The Bertz CT molecular complexity index is 898. The maximum Gasteiger partial charge on any atom is 0.138 e. The van der Waals surface area contributed by atoms with Crippen molar-refractivity contribution in [1.82, 2.24) is 9.80 Å². The fraction of sp³-hybridized carbons (Fsp3) is 0.333. The fourth-order valence-corrected chi connectivity index (χ4v) is 4.45. The summed E-state index contributed by atoms with van der Waals surface area (Å²) in [5.74, 6) is 0.326. The van der Waals surface area contributed by atoms with Crippen LogP contribution >= 0.6 is 0 Å². The van der Waals surface area contributed by atoms with Crippen LogP contribution < -0.4 is 5.32 Å². The molecule has 0 unspecified atom stereocenters. The maximum atomic E-state index is 9.97. The first kappa shape index (κ1) is 21.4. The Kier molecular flexibility index (Phi) is 7.23. The van der Waals surface area contributed by atoms with Gasteiger partial charge >= 0.3 is 0 Å². The van der Waals surface area contributed by atoms with Crippen molar-refractivity contribution < 1.29 is 5.11 Å². The molecule has 2 N–H and O–H groups in total. The van der Waals surface area contributed by atoms with Crippen LogP contribution in [-0.4, -0.2) is 54.2 Å². The van der Waals surface area contributed by atoms with Crippen LogP contribution in [0.3, 0.4) is 0 Å². The minimum absolute atomic E-state index is 0.315. The minimum Gasteiger partial charge on any atom is -0.506 e. The molecule has 0 atom stereocenters. The van der Waals surface area contributed by atoms with Crippen LogP contribution in [0.15, 0.2) is 78.9 Å². The first-order valence-electron chi connectivity index (χ1n) is 11.3. The highest BCUT2D eigenvalue weighted by atomic mass is 16.3. The lowest BCUT2D eigenvalue weighted by atomic mass is 9.96. The highest BCUT2D eigenvalue weighted by Gasteiger charge is 2.26. The van der Waals surface area contributed by atoms with E-state index < -0.39 is 0 Å². The number of phenols is 1. The number of rotatable bonds is 8. The van der Waals surface area contributed by atoms with E-state index in [2.05, 4.69) is 75.8 Å². The number of hydrogen-bond acceptors (Lipinski definition) is 4. The number of aromatic hydroxyl groups is 1. The summed E-state index contributed by atoms with van der Waals surface area (Å²) in [6.07, 6.45) is 1.06. The van der Waals surface area contributed by atoms with Crippen LogP contribution in [0, 0.1) is 6.92 Å². The lowest BCUT2D eigenvalue weighted by Crippen LogP contribution is -2.48. The Labute approximate surface area is 186 Å². The van der Waals surface area contributed by atoms with Crippen molar-refractivity contribution in [3.63, 3.8) is 0 Å². The Hall–Kier alpha value is -2.82. The highest BCUT2D eigenvalue weighted by molar-refractivity contribution is 5.57. The van der Waals surface area contributed by atoms with E-state index >= 15 is 0 Å². The van der Waals surface area contributed by atoms with E-state index in [0.29, 0.717) is 11.8 Å². The standard InChI is InChI=1S/C27H33N3O/c1-22-13-14-26(31)25(21-22)28-15-8-16-29-17-19-30(20-18-29)27(23-9-4-2-5-10-23)24-11-6-3-7-12-24/h2-7,9-14,21,27-28,31H,8,15-20H2,1H3. The topological polar surface area (TPSA) is 38.7 Å². The summed E-state index contributed by atoms with van der Waals surface area (Å²) in [6, 6.07) is 27.7. The Morgan fingerprint density at radius 3 is 2.06 bits per heavy atom. The van der Waals surface area contributed by atoms with Crippen molar-refractivity contribution in [3.05, 3.63) is 95.6 Å². The van der Waals surface area contributed by atoms with Crippen molar-refractivity contribution in [2.75, 3.05) is 44.6 Å². The molecule has 4 nitrogen and oxygen atoms in total. The number of anilines is 1. The summed E-state index contributed by atoms with van der Waals surface area (Å²) in [7, 11) is 0. The van der Waals surface area contributed by atoms with Gasteiger partial charge in [-0.15, -0.1) is 0 Å². The normalized spacial score (nSPS) is 15.3. The lowest BCUT2D eigenvalue weighted by Gasteiger charge is -2.39. The molecule has 0 aromatic heterocycles. The largest absolute Gasteiger partial charge is 0.506 e. The van der Waals surface area contributed by atoms with Crippen LogP contribution in [0.1, 0.15) is 29.2 Å². The molecule has 1 fully saturated rings. The molecule has 4 rings (SSSR count). The van der Waals surface area contributed by atoms with Crippen molar-refractivity contribution in [1.29, 1.82) is 0 Å². The molecule has 0 saturated carbocycles. The molecule has 0 spiro atoms. The monoisotopic (exact) mass is 415 g/mol. The van der Waals surface area contributed by atoms with Crippen molar-refractivity contribution in [2.24, 2.45) is 0 Å². The average molecular weight is 416 g/mol. The molecule has 0 amide bonds. The minimum atomic E-state index is 0.315. The van der Waals surface area contributed by atoms with Crippen LogP contribution in [0.4, 0.5) is 5.69 Å². The van der Waals surface area contributed by atoms with Gasteiger partial charge in [0.15, 0.2) is 0 Å². The SMILES string of the molecule is Cc1ccc(O)c(NCCCN2CCN(C(c3ccccc3)c3ccccc3)CC2)c1. The molecule has 162 valence electrons. The zero-order valence-corrected chi connectivity index (χ0v) is 18.4. The summed E-state index contributed by atoms with van der Waals surface area (Å²) >= 11 is 0. The molecule has 31 heavy (non-hydrogen) atoms. The lowest BCUT2D eigenvalue weighted by molar-refractivity contribution is 0.109. The highest BCUT2D eigenvalue weighted by Crippen LogP contribution is 2.29. The summed E-state index contributed by atoms with van der Waals surface area (Å²) in [5, 5.41) is 13.3. The number of aryl methyl sites for hydroxylation is 1. The molecule has 1 saturated heterocycles. The zero-order chi connectivity index (χ0) is 21.5. The van der Waals surface area contributed by atoms with E-state index in [-0.39, 0.29) is 0 Å². The van der Waals surface area contributed by atoms with Gasteiger partial charge in [-0.25, -0.2) is 0 Å². The first-order chi connectivity index (χ1) is 15.2. The number of phenolic OH excluding ortho intramolecular Hbond substituents is 1. The number of benzene rings is 3. The third kappa shape index (κ3) is 5.66. The molecule has 3 aromatic rings. The third-order valence-electron chi connectivity index (χ3n) is 6.12. The van der Waals surface area contributed by atoms with Gasteiger partial charge < -0.3 is 15.3 Å². The maximum absolute atomic E-state index is 9.97. The van der Waals surface area contributed by atoms with Crippen LogP contribution in [0.25, 0.3) is 0 Å². The van der Waals surface area contributed by atoms with Crippen molar-refractivity contribution >= 4 is 5.69 Å². The van der Waals surface area contributed by atoms with Gasteiger partial charge in [-0.1, -0.05) is 66.7 Å². The van der Waals surface area contributed by atoms with Gasteiger partial charge in [-0.05, 0) is 48.7 Å². The molecule has 1 aliphatic heterocycles. The second kappa shape index (κ2) is 10.5. The van der Waals surface area contributed by atoms with E-state index in [9.17, 15) is 5.11 Å². The van der Waals surface area contributed by atoms with E-state index in [4.69, 9.17) is 0 Å². The van der Waals surface area contributed by atoms with E-state index in [0.717, 1.165) is 56.9 Å². The molecular weight excluding hydrogens is 382 g/mol. The number of piperazine rings is 1. The first-order valence-corrected chi connectivity index (χ1v) is 11.3. The number of nitrogens with one attached hydrogen (secondary N) is 1. The van der Waals surface area contributed by atoms with E-state index in [1.165, 1.54) is 11.1 Å². The fourth-order valence-electron chi connectivity index (χ4n) is 4.45. The van der Waals surface area contributed by atoms with Gasteiger partial charge in [0.25, 0.3) is 0 Å². The number of hydrogen-bond donors (Lipinski definition) is 2. The Morgan fingerprint density at radius 2 is 1.45 bits per heavy atom. The Morgan fingerprint density at radius 1 is 0.839 bits per heavy atom. The van der Waals surface area contributed by atoms with Gasteiger partial charge in [0.2, 0.25) is 0 Å². The molecule has 1 heterocycles. The molecule has 0 aliphatic carbocycles. The molecule has 4 heteroatoms. The van der Waals surface area contributed by atoms with Crippen molar-refractivity contribution in [2.45, 2.75) is 19.4 Å². The van der Waals surface area contributed by atoms with Gasteiger partial charge in [0.05, 0.1) is 11.7 Å². The molecule has 3 aromatic carbocycles. The molecule has 0 radical (unpaired) electrons. The summed E-state index contributed by atoms with van der Waals surface area (Å²) < 4.78 is 0. The van der Waals surface area contributed by atoms with Crippen LogP contribution in [0.2, 0.25) is 0 Å². The van der Waals surface area contributed by atoms with Crippen molar-refractivity contribution in [3.8, 4) is 5.75 Å². The summed E-state index contributed by atoms with van der Waals surface area (Å²) in [5.41, 5.74) is 4.72. The zero-order valence-electron chi connectivity index (χ0n) is 18.4. The predicted octanol–water partition coefficient (Wildman–Crippen LogP) is 4.91. The van der Waals surface area contributed by atoms with Crippen LogP contribution in [-0.2, 0) is 0 Å². The van der Waals surface area contributed by atoms with Gasteiger partial charge in [0, 0.05) is 32.7 Å². The van der Waals surface area contributed by atoms with Gasteiger partial charge in [0.1, 0.15) is 5.75 Å². The molecule has 0 bridgehead atoms. The molecule has 1 aliphatic rings. The third-order valence-corrected chi connectivity index (χ3v) is 6.12. The predicted molar refractivity (Wildman–Crippen MR) is 129 cm³/mol. The quantitative estimate of drug-likeness (QED) is 0.405.